The van der Waals surface area contributed by atoms with E-state index in [-0.39, 0.29) is 38.6 Å². The van der Waals surface area contributed by atoms with E-state index in [4.69, 9.17) is 10.3 Å². The number of phenols is 1. The van der Waals surface area contributed by atoms with Crippen molar-refractivity contribution in [3.05, 3.63) is 114 Å². The molecule has 0 saturated carbocycles. The zero-order valence-corrected chi connectivity index (χ0v) is 30.5. The number of aromatic nitrogens is 2. The summed E-state index contributed by atoms with van der Waals surface area (Å²) in [6.07, 6.45) is 0. The monoisotopic (exact) mass is 778 g/mol. The van der Waals surface area contributed by atoms with Gasteiger partial charge in [-0.15, -0.1) is 15.3 Å². The number of hydrogen-bond acceptors (Lipinski definition) is 14. The first-order chi connectivity index (χ1) is 26.2. The summed E-state index contributed by atoms with van der Waals surface area (Å²) in [7, 11) is -9.28. The minimum Gasteiger partial charge on any atom is -0.505 e. The number of phenolic OH excluding ortho intramolecular Hbond substituents is 1. The fraction of sp³-hybridized carbons (Fsp3) is 0.0811. The predicted molar refractivity (Wildman–Crippen MR) is 205 cm³/mol. The lowest BCUT2D eigenvalue weighted by Gasteiger charge is -2.13. The van der Waals surface area contributed by atoms with Gasteiger partial charge in [0, 0.05) is 17.6 Å². The molecule has 16 nitrogen and oxygen atoms in total. The van der Waals surface area contributed by atoms with Crippen LogP contribution in [-0.2, 0) is 26.8 Å². The average molecular weight is 779 g/mol. The summed E-state index contributed by atoms with van der Waals surface area (Å²) in [5.74, 6) is -0.136. The third-order valence-electron chi connectivity index (χ3n) is 8.57. The van der Waals surface area contributed by atoms with Gasteiger partial charge in [0.15, 0.2) is 11.6 Å². The first-order valence-corrected chi connectivity index (χ1v) is 19.2. The summed E-state index contributed by atoms with van der Waals surface area (Å²) in [4.78, 5) is 3.30. The fourth-order valence-corrected chi connectivity index (χ4v) is 7.08. The lowest BCUT2D eigenvalue weighted by atomic mass is 10.0. The normalized spacial score (nSPS) is 12.4. The molecule has 55 heavy (non-hydrogen) atoms. The number of azo groups is 2. The highest BCUT2D eigenvalue weighted by molar-refractivity contribution is 7.86. The number of nitrogens with two attached hydrogens (primary N) is 1. The molecule has 278 valence electrons. The van der Waals surface area contributed by atoms with Crippen LogP contribution in [0.1, 0.15) is 17.0 Å². The maximum atomic E-state index is 12.5. The van der Waals surface area contributed by atoms with Gasteiger partial charge >= 0.3 is 0 Å². The van der Waals surface area contributed by atoms with Crippen LogP contribution >= 0.6 is 0 Å². The zero-order valence-electron chi connectivity index (χ0n) is 28.9. The van der Waals surface area contributed by atoms with Crippen molar-refractivity contribution in [2.24, 2.45) is 20.5 Å². The van der Waals surface area contributed by atoms with Crippen LogP contribution in [-0.4, -0.2) is 41.2 Å². The first-order valence-electron chi connectivity index (χ1n) is 16.3. The molecule has 0 aliphatic rings. The number of fused-ring (bicyclic) bond motifs is 2. The Morgan fingerprint density at radius 2 is 1.53 bits per heavy atom. The Hall–Kier alpha value is -6.60. The number of rotatable bonds is 10. The Morgan fingerprint density at radius 3 is 2.24 bits per heavy atom. The maximum absolute atomic E-state index is 12.5. The van der Waals surface area contributed by atoms with Crippen molar-refractivity contribution in [3.8, 4) is 17.2 Å². The largest absolute Gasteiger partial charge is 0.505 e. The number of nitrogens with one attached hydrogen (secondary N) is 1. The summed E-state index contributed by atoms with van der Waals surface area (Å²) < 4.78 is 73.2. The summed E-state index contributed by atoms with van der Waals surface area (Å²) >= 11 is 0. The lowest BCUT2D eigenvalue weighted by molar-refractivity contribution is 0.425. The van der Waals surface area contributed by atoms with Crippen molar-refractivity contribution in [1.82, 2.24) is 10.1 Å². The minimum absolute atomic E-state index is 0.0141. The second-order valence-electron chi connectivity index (χ2n) is 12.3. The van der Waals surface area contributed by atoms with Gasteiger partial charge < -0.3 is 20.7 Å². The van der Waals surface area contributed by atoms with Crippen molar-refractivity contribution >= 4 is 75.9 Å². The van der Waals surface area contributed by atoms with Crippen LogP contribution < -0.4 is 11.1 Å². The van der Waals surface area contributed by atoms with E-state index >= 15 is 0 Å². The quantitative estimate of drug-likeness (QED) is 0.0495. The highest BCUT2D eigenvalue weighted by Gasteiger charge is 2.25. The Labute approximate surface area is 313 Å². The number of nitrogens with zero attached hydrogens (tertiary/aromatic N) is 6. The van der Waals surface area contributed by atoms with Crippen molar-refractivity contribution < 1.29 is 35.6 Å². The van der Waals surface area contributed by atoms with Gasteiger partial charge in [-0.25, -0.2) is 0 Å². The molecule has 1 heterocycles. The molecule has 0 atom stereocenters. The molecule has 0 spiro atoms. The molecule has 1 aromatic heterocycles. The smallest absolute Gasteiger partial charge is 0.296 e. The molecule has 0 saturated heterocycles. The molecular weight excluding hydrogens is 749 g/mol. The van der Waals surface area contributed by atoms with Crippen LogP contribution in [0.15, 0.2) is 132 Å². The molecule has 0 fully saturated rings. The van der Waals surface area contributed by atoms with Crippen LogP contribution in [0, 0.1) is 13.8 Å². The van der Waals surface area contributed by atoms with Crippen LogP contribution in [0.2, 0.25) is 0 Å². The van der Waals surface area contributed by atoms with Gasteiger partial charge in [-0.1, -0.05) is 47.6 Å². The SMILES string of the molecule is Cc1noc(-c2ccccc2N=Nc2c(S(=O)(=O)O)cc3cc(C)c(N=Nc4ccc(CNc5cccc6ccc(S(=O)(=O)O)cc56)cc4)c(N)c3c2O)n1. The van der Waals surface area contributed by atoms with Gasteiger partial charge in [0.05, 0.1) is 32.9 Å². The van der Waals surface area contributed by atoms with E-state index in [2.05, 4.69) is 35.9 Å². The number of benzene rings is 6. The molecule has 18 heteroatoms. The summed E-state index contributed by atoms with van der Waals surface area (Å²) in [6, 6.07) is 26.2. The molecule has 6 N–H and O–H groups in total. The van der Waals surface area contributed by atoms with Gasteiger partial charge in [0.2, 0.25) is 0 Å². The van der Waals surface area contributed by atoms with E-state index in [1.54, 1.807) is 68.4 Å². The van der Waals surface area contributed by atoms with Crippen molar-refractivity contribution in [3.63, 3.8) is 0 Å². The number of hydrogen-bond donors (Lipinski definition) is 5. The molecule has 0 amide bonds. The number of aryl methyl sites for hydroxylation is 2. The molecule has 7 rings (SSSR count). The lowest BCUT2D eigenvalue weighted by Crippen LogP contribution is -2.01. The Kier molecular flexibility index (Phi) is 9.57. The van der Waals surface area contributed by atoms with E-state index < -0.39 is 36.6 Å². The number of aromatic hydroxyl groups is 1. The van der Waals surface area contributed by atoms with E-state index in [1.807, 2.05) is 24.3 Å². The van der Waals surface area contributed by atoms with E-state index in [0.29, 0.717) is 40.3 Å². The van der Waals surface area contributed by atoms with Crippen molar-refractivity contribution in [1.29, 1.82) is 0 Å². The van der Waals surface area contributed by atoms with Gasteiger partial charge in [-0.2, -0.15) is 26.9 Å². The van der Waals surface area contributed by atoms with Crippen LogP contribution in [0.25, 0.3) is 33.0 Å². The van der Waals surface area contributed by atoms with E-state index in [1.165, 1.54) is 12.1 Å². The number of anilines is 2. The fourth-order valence-electron chi connectivity index (χ4n) is 5.91. The summed E-state index contributed by atoms with van der Waals surface area (Å²) in [5, 5.41) is 37.0. The van der Waals surface area contributed by atoms with Crippen LogP contribution in [0.4, 0.5) is 34.1 Å². The molecule has 0 bridgehead atoms. The third kappa shape index (κ3) is 7.60. The first kappa shape index (κ1) is 36.7. The second-order valence-corrected chi connectivity index (χ2v) is 15.2. The third-order valence-corrected chi connectivity index (χ3v) is 10.3. The molecular formula is C37H30N8O8S2. The highest BCUT2D eigenvalue weighted by atomic mass is 32.2. The topological polar surface area (TPSA) is 255 Å². The Balaban J connectivity index is 1.17. The van der Waals surface area contributed by atoms with Crippen LogP contribution in [0.3, 0.4) is 0 Å². The zero-order chi connectivity index (χ0) is 39.1. The average Bonchev–Trinajstić information content (AvgIpc) is 3.58. The molecule has 7 aromatic rings. The van der Waals surface area contributed by atoms with Gasteiger partial charge in [0.25, 0.3) is 26.1 Å². The van der Waals surface area contributed by atoms with Crippen molar-refractivity contribution in [2.45, 2.75) is 30.2 Å². The highest BCUT2D eigenvalue weighted by Crippen LogP contribution is 2.47. The summed E-state index contributed by atoms with van der Waals surface area (Å²) in [5.41, 5.74) is 9.28. The minimum atomic E-state index is -4.91. The van der Waals surface area contributed by atoms with Gasteiger partial charge in [0.1, 0.15) is 16.3 Å². The van der Waals surface area contributed by atoms with E-state index in [9.17, 15) is 31.0 Å². The molecule has 6 aromatic carbocycles. The Morgan fingerprint density at radius 1 is 0.782 bits per heavy atom. The molecule has 0 unspecified atom stereocenters. The number of nitrogen functional groups attached to an aromatic ring is 1. The predicted octanol–water partition coefficient (Wildman–Crippen LogP) is 8.88. The van der Waals surface area contributed by atoms with Crippen molar-refractivity contribution in [2.75, 3.05) is 11.1 Å². The van der Waals surface area contributed by atoms with Gasteiger partial charge in [-0.05, 0) is 90.3 Å². The molecule has 0 aliphatic carbocycles. The molecule has 0 radical (unpaired) electrons. The van der Waals surface area contributed by atoms with Crippen LogP contribution in [0.5, 0.6) is 5.75 Å². The van der Waals surface area contributed by atoms with Gasteiger partial charge in [-0.3, -0.25) is 9.11 Å². The summed E-state index contributed by atoms with van der Waals surface area (Å²) in [6.45, 7) is 3.71. The standard InChI is InChI=1S/C37H30N8O8S2/c1-20-16-24-17-31(55(50,51)52)35(44-42-30-8-4-3-7-27(30)37-40-21(2)45-53-37)36(46)32(24)33(38)34(20)43-41-25-13-10-22(11-14-25)19-39-29-9-5-6-23-12-15-26(18-28(23)29)54(47,48)49/h3-18,39,46H,19,38H2,1-2H3,(H,47,48,49)(H,50,51,52). The Bertz CT molecular complexity index is 2930. The maximum Gasteiger partial charge on any atom is 0.296 e. The molecule has 0 aliphatic heterocycles. The second kappa shape index (κ2) is 14.3. The van der Waals surface area contributed by atoms with E-state index in [0.717, 1.165) is 17.0 Å².